The maximum Gasteiger partial charge on any atom is 0.0614 e. The van der Waals surface area contributed by atoms with Gasteiger partial charge in [0.05, 0.1) is 5.70 Å². The molecule has 0 spiro atoms. The average molecular weight is 239 g/mol. The van der Waals surface area contributed by atoms with Crippen molar-refractivity contribution in [3.63, 3.8) is 0 Å². The standard InChI is InChI=1S/C15H17N3/c1-4-11-10(3)15(18-16)12-8-6-7-9-14(12)17-13(11)5-2/h4-9,17-18H,1-2,16H2,3H3. The van der Waals surface area contributed by atoms with Crippen LogP contribution in [0.5, 0.6) is 0 Å². The zero-order valence-corrected chi connectivity index (χ0v) is 10.5. The highest BCUT2D eigenvalue weighted by Gasteiger charge is 2.17. The lowest BCUT2D eigenvalue weighted by Crippen LogP contribution is -2.21. The van der Waals surface area contributed by atoms with Crippen molar-refractivity contribution in [1.82, 2.24) is 5.43 Å². The van der Waals surface area contributed by atoms with Crippen molar-refractivity contribution in [2.24, 2.45) is 5.84 Å². The van der Waals surface area contributed by atoms with Crippen molar-refractivity contribution >= 4 is 11.4 Å². The van der Waals surface area contributed by atoms with Crippen LogP contribution >= 0.6 is 0 Å². The lowest BCUT2D eigenvalue weighted by molar-refractivity contribution is 0.982. The summed E-state index contributed by atoms with van der Waals surface area (Å²) in [6.07, 6.45) is 3.60. The quantitative estimate of drug-likeness (QED) is 0.561. The Labute approximate surface area is 107 Å². The minimum absolute atomic E-state index is 0.893. The molecule has 0 atom stereocenters. The van der Waals surface area contributed by atoms with Gasteiger partial charge in [0.1, 0.15) is 0 Å². The van der Waals surface area contributed by atoms with Gasteiger partial charge in [0.25, 0.3) is 0 Å². The molecule has 0 amide bonds. The summed E-state index contributed by atoms with van der Waals surface area (Å²) in [4.78, 5) is 0. The van der Waals surface area contributed by atoms with Crippen LogP contribution in [-0.4, -0.2) is 0 Å². The van der Waals surface area contributed by atoms with Gasteiger partial charge in [0.15, 0.2) is 0 Å². The Balaban J connectivity index is 2.76. The summed E-state index contributed by atoms with van der Waals surface area (Å²) in [6, 6.07) is 8.00. The highest BCUT2D eigenvalue weighted by Crippen LogP contribution is 2.33. The van der Waals surface area contributed by atoms with E-state index in [0.717, 1.165) is 33.8 Å². The van der Waals surface area contributed by atoms with E-state index in [9.17, 15) is 0 Å². The number of para-hydroxylation sites is 1. The Hall–Kier alpha value is -2.26. The Morgan fingerprint density at radius 2 is 1.94 bits per heavy atom. The molecular weight excluding hydrogens is 222 g/mol. The number of benzene rings is 1. The zero-order chi connectivity index (χ0) is 13.1. The summed E-state index contributed by atoms with van der Waals surface area (Å²) >= 11 is 0. The molecule has 1 aliphatic heterocycles. The van der Waals surface area contributed by atoms with Gasteiger partial charge < -0.3 is 10.7 Å². The van der Waals surface area contributed by atoms with Gasteiger partial charge >= 0.3 is 0 Å². The van der Waals surface area contributed by atoms with Gasteiger partial charge in [0, 0.05) is 22.5 Å². The summed E-state index contributed by atoms with van der Waals surface area (Å²) < 4.78 is 0. The molecule has 4 N–H and O–H groups in total. The fourth-order valence-corrected chi connectivity index (χ4v) is 2.17. The Kier molecular flexibility index (Phi) is 3.35. The second-order valence-electron chi connectivity index (χ2n) is 4.05. The predicted octanol–water partition coefficient (Wildman–Crippen LogP) is 2.93. The highest BCUT2D eigenvalue weighted by molar-refractivity contribution is 5.83. The van der Waals surface area contributed by atoms with Crippen LogP contribution in [0.25, 0.3) is 5.70 Å². The third-order valence-electron chi connectivity index (χ3n) is 3.09. The molecule has 0 saturated heterocycles. The molecule has 0 bridgehead atoms. The van der Waals surface area contributed by atoms with E-state index in [0.29, 0.717) is 0 Å². The molecule has 18 heavy (non-hydrogen) atoms. The Bertz CT molecular complexity index is 565. The molecule has 92 valence electrons. The number of hydrogen-bond donors (Lipinski definition) is 3. The van der Waals surface area contributed by atoms with E-state index in [4.69, 9.17) is 5.84 Å². The maximum atomic E-state index is 5.66. The SMILES string of the molecule is C=CC1=C(C=C)C(C)=C(NN)c2ccccc2N1. The third kappa shape index (κ3) is 1.85. The molecule has 2 rings (SSSR count). The average Bonchev–Trinajstić information content (AvgIpc) is 2.51. The fraction of sp³-hybridized carbons (Fsp3) is 0.0667. The molecule has 1 heterocycles. The molecule has 1 aromatic rings. The van der Waals surface area contributed by atoms with E-state index < -0.39 is 0 Å². The highest BCUT2D eigenvalue weighted by atomic mass is 15.2. The summed E-state index contributed by atoms with van der Waals surface area (Å²) in [5.74, 6) is 5.66. The Morgan fingerprint density at radius 3 is 2.56 bits per heavy atom. The first kappa shape index (κ1) is 12.2. The van der Waals surface area contributed by atoms with Crippen LogP contribution in [0.15, 0.2) is 66.4 Å². The van der Waals surface area contributed by atoms with Gasteiger partial charge in [-0.2, -0.15) is 0 Å². The van der Waals surface area contributed by atoms with E-state index in [1.54, 1.807) is 6.08 Å². The Morgan fingerprint density at radius 1 is 1.22 bits per heavy atom. The molecular formula is C15H17N3. The minimum Gasteiger partial charge on any atom is -0.354 e. The number of anilines is 1. The number of fused-ring (bicyclic) bond motifs is 1. The third-order valence-corrected chi connectivity index (χ3v) is 3.09. The number of nitrogens with two attached hydrogens (primary N) is 1. The first-order valence-electron chi connectivity index (χ1n) is 5.76. The van der Waals surface area contributed by atoms with E-state index in [2.05, 4.69) is 23.9 Å². The van der Waals surface area contributed by atoms with Crippen LogP contribution in [0, 0.1) is 0 Å². The van der Waals surface area contributed by atoms with Crippen LogP contribution in [0.1, 0.15) is 12.5 Å². The molecule has 1 aliphatic rings. The van der Waals surface area contributed by atoms with Crippen molar-refractivity contribution in [2.45, 2.75) is 6.92 Å². The van der Waals surface area contributed by atoms with E-state index in [1.165, 1.54) is 0 Å². The minimum atomic E-state index is 0.893. The zero-order valence-electron chi connectivity index (χ0n) is 10.5. The van der Waals surface area contributed by atoms with Gasteiger partial charge in [-0.15, -0.1) is 0 Å². The lowest BCUT2D eigenvalue weighted by Gasteiger charge is -2.12. The fourth-order valence-electron chi connectivity index (χ4n) is 2.17. The first-order valence-corrected chi connectivity index (χ1v) is 5.76. The maximum absolute atomic E-state index is 5.66. The smallest absolute Gasteiger partial charge is 0.0614 e. The summed E-state index contributed by atoms with van der Waals surface area (Å²) in [6.45, 7) is 9.71. The van der Waals surface area contributed by atoms with E-state index in [-0.39, 0.29) is 0 Å². The topological polar surface area (TPSA) is 50.1 Å². The van der Waals surface area contributed by atoms with Crippen LogP contribution in [0.2, 0.25) is 0 Å². The predicted molar refractivity (Wildman–Crippen MR) is 77.4 cm³/mol. The molecule has 0 aliphatic carbocycles. The second kappa shape index (κ2) is 4.94. The second-order valence-corrected chi connectivity index (χ2v) is 4.05. The van der Waals surface area contributed by atoms with Crippen LogP contribution in [0.3, 0.4) is 0 Å². The monoisotopic (exact) mass is 239 g/mol. The van der Waals surface area contributed by atoms with Crippen molar-refractivity contribution in [2.75, 3.05) is 5.32 Å². The molecule has 1 aromatic carbocycles. The van der Waals surface area contributed by atoms with Gasteiger partial charge in [-0.25, -0.2) is 0 Å². The molecule has 0 fully saturated rings. The van der Waals surface area contributed by atoms with Gasteiger partial charge in [-0.1, -0.05) is 37.4 Å². The largest absolute Gasteiger partial charge is 0.354 e. The van der Waals surface area contributed by atoms with Crippen LogP contribution in [-0.2, 0) is 0 Å². The van der Waals surface area contributed by atoms with Crippen molar-refractivity contribution in [3.05, 3.63) is 72.0 Å². The number of nitrogens with one attached hydrogen (secondary N) is 2. The van der Waals surface area contributed by atoms with Gasteiger partial charge in [0.2, 0.25) is 0 Å². The number of allylic oxidation sites excluding steroid dienone is 4. The molecule has 0 saturated carbocycles. The first-order chi connectivity index (χ1) is 8.72. The molecule has 3 nitrogen and oxygen atoms in total. The summed E-state index contributed by atoms with van der Waals surface area (Å²) in [5, 5.41) is 3.36. The molecule has 0 unspecified atom stereocenters. The normalized spacial score (nSPS) is 14.6. The van der Waals surface area contributed by atoms with Gasteiger partial charge in [-0.3, -0.25) is 5.84 Å². The van der Waals surface area contributed by atoms with Crippen LogP contribution < -0.4 is 16.6 Å². The number of rotatable bonds is 3. The van der Waals surface area contributed by atoms with E-state index in [1.807, 2.05) is 37.3 Å². The molecule has 3 heteroatoms. The van der Waals surface area contributed by atoms with Crippen LogP contribution in [0.4, 0.5) is 5.69 Å². The van der Waals surface area contributed by atoms with E-state index >= 15 is 0 Å². The molecule has 0 aromatic heterocycles. The van der Waals surface area contributed by atoms with Crippen molar-refractivity contribution < 1.29 is 0 Å². The van der Waals surface area contributed by atoms with Gasteiger partial charge in [-0.05, 0) is 24.6 Å². The number of hydrogen-bond acceptors (Lipinski definition) is 3. The number of hydrazine groups is 1. The summed E-state index contributed by atoms with van der Waals surface area (Å²) in [5.41, 5.74) is 8.68. The summed E-state index contributed by atoms with van der Waals surface area (Å²) in [7, 11) is 0. The lowest BCUT2D eigenvalue weighted by atomic mass is 10.0. The molecule has 0 radical (unpaired) electrons. The van der Waals surface area contributed by atoms with Crippen molar-refractivity contribution in [1.29, 1.82) is 0 Å². The van der Waals surface area contributed by atoms with Crippen molar-refractivity contribution in [3.8, 4) is 0 Å².